The maximum absolute atomic E-state index is 11.0. The highest BCUT2D eigenvalue weighted by Gasteiger charge is 2.35. The van der Waals surface area contributed by atoms with E-state index in [4.69, 9.17) is 5.11 Å². The second kappa shape index (κ2) is 4.64. The number of nitrogens with zero attached hydrogens (tertiary/aromatic N) is 2. The Morgan fingerprint density at radius 1 is 1.44 bits per heavy atom. The monoisotopic (exact) mass is 250 g/mol. The minimum Gasteiger partial charge on any atom is -0.481 e. The van der Waals surface area contributed by atoms with Crippen molar-refractivity contribution < 1.29 is 14.8 Å². The van der Waals surface area contributed by atoms with Crippen molar-refractivity contribution in [3.8, 4) is 0 Å². The van der Waals surface area contributed by atoms with Gasteiger partial charge in [-0.1, -0.05) is 0 Å². The molecule has 0 saturated carbocycles. The first-order chi connectivity index (χ1) is 8.50. The zero-order valence-corrected chi connectivity index (χ0v) is 9.94. The van der Waals surface area contributed by atoms with Crippen LogP contribution in [0.4, 0.5) is 11.4 Å². The number of non-ortho nitro benzene ring substituents is 1. The van der Waals surface area contributed by atoms with E-state index in [1.807, 2.05) is 11.8 Å². The fourth-order valence-corrected chi connectivity index (χ4v) is 2.40. The Labute approximate surface area is 104 Å². The SMILES string of the molecule is CC1C(C(=O)O)CCN1c1ccc([N+](=O)[O-])cc1. The normalized spacial score (nSPS) is 23.1. The molecule has 1 aliphatic rings. The second-order valence-corrected chi connectivity index (χ2v) is 4.44. The van der Waals surface area contributed by atoms with Crippen molar-refractivity contribution in [1.29, 1.82) is 0 Å². The number of rotatable bonds is 3. The molecule has 96 valence electrons. The molecule has 0 spiro atoms. The predicted molar refractivity (Wildman–Crippen MR) is 65.6 cm³/mol. The highest BCUT2D eigenvalue weighted by Crippen LogP contribution is 2.30. The summed E-state index contributed by atoms with van der Waals surface area (Å²) in [5.41, 5.74) is 0.872. The second-order valence-electron chi connectivity index (χ2n) is 4.44. The minimum absolute atomic E-state index is 0.0420. The van der Waals surface area contributed by atoms with E-state index in [9.17, 15) is 14.9 Å². The highest BCUT2D eigenvalue weighted by molar-refractivity contribution is 5.73. The lowest BCUT2D eigenvalue weighted by atomic mass is 10.0. The molecule has 2 atom stereocenters. The molecule has 0 radical (unpaired) electrons. The fraction of sp³-hybridized carbons (Fsp3) is 0.417. The van der Waals surface area contributed by atoms with Crippen molar-refractivity contribution in [3.05, 3.63) is 34.4 Å². The Balaban J connectivity index is 2.18. The first-order valence-electron chi connectivity index (χ1n) is 5.74. The van der Waals surface area contributed by atoms with Crippen molar-refractivity contribution in [2.45, 2.75) is 19.4 Å². The van der Waals surface area contributed by atoms with E-state index in [0.717, 1.165) is 5.69 Å². The van der Waals surface area contributed by atoms with Gasteiger partial charge in [0.25, 0.3) is 5.69 Å². The van der Waals surface area contributed by atoms with Gasteiger partial charge < -0.3 is 10.0 Å². The molecule has 1 aromatic carbocycles. The van der Waals surface area contributed by atoms with Crippen molar-refractivity contribution in [2.24, 2.45) is 5.92 Å². The lowest BCUT2D eigenvalue weighted by Crippen LogP contribution is -2.32. The molecule has 1 saturated heterocycles. The van der Waals surface area contributed by atoms with Gasteiger partial charge in [0.2, 0.25) is 0 Å². The van der Waals surface area contributed by atoms with Gasteiger partial charge in [-0.25, -0.2) is 0 Å². The number of nitro groups is 1. The summed E-state index contributed by atoms with van der Waals surface area (Å²) in [6, 6.07) is 6.12. The molecule has 6 heteroatoms. The molecular weight excluding hydrogens is 236 g/mol. The molecule has 1 heterocycles. The van der Waals surface area contributed by atoms with Crippen LogP contribution in [0.25, 0.3) is 0 Å². The number of carbonyl (C=O) groups is 1. The molecule has 6 nitrogen and oxygen atoms in total. The van der Waals surface area contributed by atoms with Gasteiger partial charge in [-0.15, -0.1) is 0 Å². The van der Waals surface area contributed by atoms with Gasteiger partial charge >= 0.3 is 5.97 Å². The Kier molecular flexibility index (Phi) is 3.18. The van der Waals surface area contributed by atoms with E-state index in [1.165, 1.54) is 12.1 Å². The fourth-order valence-electron chi connectivity index (χ4n) is 2.40. The van der Waals surface area contributed by atoms with Gasteiger partial charge in [-0.2, -0.15) is 0 Å². The Hall–Kier alpha value is -2.11. The van der Waals surface area contributed by atoms with E-state index >= 15 is 0 Å². The summed E-state index contributed by atoms with van der Waals surface area (Å²) in [5.74, 6) is -1.16. The number of anilines is 1. The van der Waals surface area contributed by atoms with E-state index in [-0.39, 0.29) is 17.6 Å². The number of nitro benzene ring substituents is 1. The van der Waals surface area contributed by atoms with Crippen LogP contribution in [-0.4, -0.2) is 28.6 Å². The van der Waals surface area contributed by atoms with Crippen LogP contribution in [0.5, 0.6) is 0 Å². The van der Waals surface area contributed by atoms with Gasteiger partial charge in [0.05, 0.1) is 10.8 Å². The first-order valence-corrected chi connectivity index (χ1v) is 5.74. The first kappa shape index (κ1) is 12.3. The molecule has 0 aliphatic carbocycles. The summed E-state index contributed by atoms with van der Waals surface area (Å²) in [7, 11) is 0. The third-order valence-electron chi connectivity index (χ3n) is 3.46. The van der Waals surface area contributed by atoms with Crippen LogP contribution in [0.2, 0.25) is 0 Å². The topological polar surface area (TPSA) is 83.7 Å². The number of aliphatic carboxylic acids is 1. The van der Waals surface area contributed by atoms with Gasteiger partial charge in [-0.05, 0) is 25.5 Å². The van der Waals surface area contributed by atoms with Gasteiger partial charge in [0.15, 0.2) is 0 Å². The van der Waals surface area contributed by atoms with Gasteiger partial charge in [-0.3, -0.25) is 14.9 Å². The summed E-state index contributed by atoms with van der Waals surface area (Å²) < 4.78 is 0. The third-order valence-corrected chi connectivity index (χ3v) is 3.46. The number of carboxylic acid groups (broad SMARTS) is 1. The lowest BCUT2D eigenvalue weighted by Gasteiger charge is -2.25. The van der Waals surface area contributed by atoms with Crippen LogP contribution in [-0.2, 0) is 4.79 Å². The van der Waals surface area contributed by atoms with E-state index < -0.39 is 10.9 Å². The molecule has 2 rings (SSSR count). The summed E-state index contributed by atoms with van der Waals surface area (Å²) in [6.07, 6.45) is 0.605. The van der Waals surface area contributed by atoms with Crippen molar-refractivity contribution >= 4 is 17.3 Å². The van der Waals surface area contributed by atoms with Crippen LogP contribution in [0.1, 0.15) is 13.3 Å². The third kappa shape index (κ3) is 2.13. The molecule has 1 aliphatic heterocycles. The zero-order valence-electron chi connectivity index (χ0n) is 9.94. The van der Waals surface area contributed by atoms with Crippen LogP contribution >= 0.6 is 0 Å². The molecule has 2 unspecified atom stereocenters. The van der Waals surface area contributed by atoms with Crippen molar-refractivity contribution in [2.75, 3.05) is 11.4 Å². The molecule has 1 aromatic rings. The molecule has 1 N–H and O–H groups in total. The highest BCUT2D eigenvalue weighted by atomic mass is 16.6. The van der Waals surface area contributed by atoms with E-state index in [1.54, 1.807) is 12.1 Å². The molecule has 0 aromatic heterocycles. The Bertz CT molecular complexity index is 471. The van der Waals surface area contributed by atoms with Crippen LogP contribution in [0.3, 0.4) is 0 Å². The van der Waals surface area contributed by atoms with Crippen LogP contribution < -0.4 is 4.90 Å². The molecule has 1 fully saturated rings. The molecule has 0 amide bonds. The van der Waals surface area contributed by atoms with E-state index in [0.29, 0.717) is 13.0 Å². The van der Waals surface area contributed by atoms with Crippen LogP contribution in [0, 0.1) is 16.0 Å². The molecular formula is C12H14N2O4. The summed E-state index contributed by atoms with van der Waals surface area (Å²) in [4.78, 5) is 23.1. The average molecular weight is 250 g/mol. The number of carboxylic acids is 1. The Morgan fingerprint density at radius 3 is 2.50 bits per heavy atom. The van der Waals surface area contributed by atoms with Crippen LogP contribution in [0.15, 0.2) is 24.3 Å². The Morgan fingerprint density at radius 2 is 2.06 bits per heavy atom. The summed E-state index contributed by atoms with van der Waals surface area (Å²) >= 11 is 0. The lowest BCUT2D eigenvalue weighted by molar-refractivity contribution is -0.384. The number of hydrogen-bond acceptors (Lipinski definition) is 4. The molecule has 18 heavy (non-hydrogen) atoms. The number of benzene rings is 1. The maximum atomic E-state index is 11.0. The summed E-state index contributed by atoms with van der Waals surface area (Å²) in [6.45, 7) is 2.53. The zero-order chi connectivity index (χ0) is 13.3. The van der Waals surface area contributed by atoms with E-state index in [2.05, 4.69) is 0 Å². The predicted octanol–water partition coefficient (Wildman–Crippen LogP) is 1.89. The number of hydrogen-bond donors (Lipinski definition) is 1. The molecule has 0 bridgehead atoms. The quantitative estimate of drug-likeness (QED) is 0.654. The average Bonchev–Trinajstić information content (AvgIpc) is 2.71. The standard InChI is InChI=1S/C12H14N2O4/c1-8-11(12(15)16)6-7-13(8)9-2-4-10(5-3-9)14(17)18/h2-5,8,11H,6-7H2,1H3,(H,15,16). The van der Waals surface area contributed by atoms with Gasteiger partial charge in [0, 0.05) is 30.4 Å². The summed E-state index contributed by atoms with van der Waals surface area (Å²) in [5, 5.41) is 19.6. The van der Waals surface area contributed by atoms with Crippen molar-refractivity contribution in [1.82, 2.24) is 0 Å². The smallest absolute Gasteiger partial charge is 0.308 e. The largest absolute Gasteiger partial charge is 0.481 e. The van der Waals surface area contributed by atoms with Gasteiger partial charge in [0.1, 0.15) is 0 Å². The maximum Gasteiger partial charge on any atom is 0.308 e. The van der Waals surface area contributed by atoms with Crippen molar-refractivity contribution in [3.63, 3.8) is 0 Å². The minimum atomic E-state index is -0.785.